The first-order chi connectivity index (χ1) is 23.5. The number of aromatic nitrogens is 4. The molecule has 0 spiro atoms. The molecular formula is C34H38FN9O4S. The Balaban J connectivity index is 1.23. The summed E-state index contributed by atoms with van der Waals surface area (Å²) in [6.45, 7) is 7.11. The van der Waals surface area contributed by atoms with Crippen molar-refractivity contribution in [1.29, 1.82) is 5.26 Å². The molecule has 0 saturated carbocycles. The molecule has 2 aliphatic heterocycles. The quantitative estimate of drug-likeness (QED) is 0.147. The highest BCUT2D eigenvalue weighted by Crippen LogP contribution is 2.36. The van der Waals surface area contributed by atoms with Gasteiger partial charge in [0.05, 0.1) is 11.4 Å². The summed E-state index contributed by atoms with van der Waals surface area (Å²) in [5.41, 5.74) is 6.66. The molecule has 2 atom stereocenters. The maximum absolute atomic E-state index is 15.7. The Morgan fingerprint density at radius 1 is 1.14 bits per heavy atom. The van der Waals surface area contributed by atoms with Gasteiger partial charge in [0.1, 0.15) is 52.7 Å². The van der Waals surface area contributed by atoms with E-state index < -0.39 is 22.4 Å². The predicted octanol–water partition coefficient (Wildman–Crippen LogP) is 4.20. The number of amides is 1. The zero-order chi connectivity index (χ0) is 34.7. The van der Waals surface area contributed by atoms with Crippen LogP contribution in [0, 0.1) is 17.1 Å². The Labute approximate surface area is 286 Å². The molecule has 6 rings (SSSR count). The lowest BCUT2D eigenvalue weighted by molar-refractivity contribution is -0.128. The van der Waals surface area contributed by atoms with Gasteiger partial charge in [0.25, 0.3) is 5.91 Å². The second kappa shape index (κ2) is 14.4. The number of nitrogens with two attached hydrogens (primary N) is 1. The Kier molecular flexibility index (Phi) is 10.0. The first-order valence-electron chi connectivity index (χ1n) is 16.0. The van der Waals surface area contributed by atoms with Crippen molar-refractivity contribution < 1.29 is 22.7 Å². The Morgan fingerprint density at radius 3 is 2.59 bits per heavy atom. The molecule has 2 saturated heterocycles. The maximum Gasteiger partial charge on any atom is 0.264 e. The van der Waals surface area contributed by atoms with Gasteiger partial charge in [0.15, 0.2) is 16.7 Å². The number of nitriles is 1. The van der Waals surface area contributed by atoms with E-state index in [2.05, 4.69) is 20.9 Å². The molecule has 15 heteroatoms. The van der Waals surface area contributed by atoms with E-state index >= 15 is 4.39 Å². The lowest BCUT2D eigenvalue weighted by atomic mass is 9.96. The van der Waals surface area contributed by atoms with Crippen LogP contribution in [0.15, 0.2) is 66.5 Å². The second-order valence-electron chi connectivity index (χ2n) is 12.7. The molecule has 2 aromatic carbocycles. The minimum Gasteiger partial charge on any atom is -0.457 e. The van der Waals surface area contributed by atoms with Crippen LogP contribution < -0.4 is 10.5 Å². The summed E-state index contributed by atoms with van der Waals surface area (Å²) in [6, 6.07) is 15.4. The molecule has 0 bridgehead atoms. The van der Waals surface area contributed by atoms with Crippen molar-refractivity contribution in [2.24, 2.45) is 0 Å². The van der Waals surface area contributed by atoms with Crippen LogP contribution in [0.25, 0.3) is 22.3 Å². The molecule has 1 unspecified atom stereocenters. The fourth-order valence-electron chi connectivity index (χ4n) is 6.52. The fraction of sp³-hybridized carbons (Fsp3) is 0.382. The number of nitrogen functional groups attached to an aromatic ring is 1. The number of piperazine rings is 1. The molecule has 2 fully saturated rings. The predicted molar refractivity (Wildman–Crippen MR) is 183 cm³/mol. The van der Waals surface area contributed by atoms with Gasteiger partial charge in [0, 0.05) is 56.4 Å². The molecular weight excluding hydrogens is 649 g/mol. The Bertz CT molecular complexity index is 1940. The van der Waals surface area contributed by atoms with Gasteiger partial charge in [-0.1, -0.05) is 18.2 Å². The minimum absolute atomic E-state index is 0.0435. The smallest absolute Gasteiger partial charge is 0.264 e. The largest absolute Gasteiger partial charge is 0.457 e. The van der Waals surface area contributed by atoms with Crippen LogP contribution in [-0.2, 0) is 15.9 Å². The summed E-state index contributed by atoms with van der Waals surface area (Å²) in [5.74, 6) is 0.224. The SMILES string of the molecule is CC(C)(C=C(C#N)C(=O)N1CCC[C@@H](n2nc(-c3ccc(Oc4ccccc4)cc3F)c3c(N)ncnc32)C1)N1CCN(CS(=O)O)CC1. The molecule has 49 heavy (non-hydrogen) atoms. The molecule has 4 heterocycles. The van der Waals surface area contributed by atoms with E-state index in [0.717, 1.165) is 0 Å². The van der Waals surface area contributed by atoms with Crippen molar-refractivity contribution in [2.45, 2.75) is 38.3 Å². The number of para-hydroxylation sites is 1. The van der Waals surface area contributed by atoms with Crippen molar-refractivity contribution in [3.05, 3.63) is 72.3 Å². The maximum atomic E-state index is 15.7. The Hall–Kier alpha value is -4.75. The highest BCUT2D eigenvalue weighted by Gasteiger charge is 2.34. The van der Waals surface area contributed by atoms with E-state index in [-0.39, 0.29) is 47.0 Å². The van der Waals surface area contributed by atoms with Gasteiger partial charge >= 0.3 is 0 Å². The van der Waals surface area contributed by atoms with E-state index in [1.807, 2.05) is 36.9 Å². The molecule has 256 valence electrons. The van der Waals surface area contributed by atoms with Crippen molar-refractivity contribution >= 4 is 33.8 Å². The number of carbonyl (C=O) groups excluding carboxylic acids is 1. The first-order valence-corrected chi connectivity index (χ1v) is 17.3. The third-order valence-electron chi connectivity index (χ3n) is 9.05. The number of rotatable bonds is 9. The van der Waals surface area contributed by atoms with E-state index in [9.17, 15) is 18.8 Å². The number of ether oxygens (including phenoxy) is 1. The summed E-state index contributed by atoms with van der Waals surface area (Å²) in [6.07, 6.45) is 4.38. The van der Waals surface area contributed by atoms with Gasteiger partial charge in [0.2, 0.25) is 0 Å². The summed E-state index contributed by atoms with van der Waals surface area (Å²) >= 11 is -1.90. The van der Waals surface area contributed by atoms with Crippen LogP contribution in [0.3, 0.4) is 0 Å². The number of hydrogen-bond donors (Lipinski definition) is 2. The van der Waals surface area contributed by atoms with Crippen LogP contribution >= 0.6 is 0 Å². The van der Waals surface area contributed by atoms with E-state index in [1.165, 1.54) is 12.4 Å². The van der Waals surface area contributed by atoms with Crippen molar-refractivity contribution in [1.82, 2.24) is 34.4 Å². The fourth-order valence-corrected chi connectivity index (χ4v) is 7.09. The summed E-state index contributed by atoms with van der Waals surface area (Å²) in [4.78, 5) is 28.2. The highest BCUT2D eigenvalue weighted by atomic mass is 32.2. The minimum atomic E-state index is -1.90. The van der Waals surface area contributed by atoms with Gasteiger partial charge in [-0.25, -0.2) is 23.2 Å². The zero-order valence-electron chi connectivity index (χ0n) is 27.3. The molecule has 0 aliphatic carbocycles. The van der Waals surface area contributed by atoms with Crippen LogP contribution in [0.4, 0.5) is 10.2 Å². The van der Waals surface area contributed by atoms with E-state index in [4.69, 9.17) is 15.6 Å². The van der Waals surface area contributed by atoms with E-state index in [0.29, 0.717) is 68.1 Å². The number of piperidine rings is 1. The van der Waals surface area contributed by atoms with Gasteiger partial charge in [-0.15, -0.1) is 0 Å². The van der Waals surface area contributed by atoms with Gasteiger partial charge in [-0.2, -0.15) is 10.4 Å². The molecule has 13 nitrogen and oxygen atoms in total. The molecule has 4 aromatic rings. The summed E-state index contributed by atoms with van der Waals surface area (Å²) < 4.78 is 43.6. The molecule has 3 N–H and O–H groups in total. The topological polar surface area (TPSA) is 167 Å². The Morgan fingerprint density at radius 2 is 1.90 bits per heavy atom. The number of likely N-dealkylation sites (tertiary alicyclic amines) is 1. The lowest BCUT2D eigenvalue weighted by Crippen LogP contribution is -2.54. The average Bonchev–Trinajstić information content (AvgIpc) is 3.48. The molecule has 0 radical (unpaired) electrons. The number of fused-ring (bicyclic) bond motifs is 1. The van der Waals surface area contributed by atoms with Gasteiger partial charge < -0.3 is 19.9 Å². The second-order valence-corrected chi connectivity index (χ2v) is 13.6. The standard InChI is InChI=1S/C34H38FN9O4S/c1-34(2,43-15-13-41(14-16-43)22-49(46)47)18-23(19-36)33(45)42-12-6-7-24(20-42)44-32-29(31(37)38-21-39-32)30(40-44)27-11-10-26(17-28(27)35)48-25-8-4-3-5-9-25/h3-5,8-11,17-18,21,24H,6-7,12-16,20,22H2,1-2H3,(H,46,47)(H2,37,38,39)/t24-/m1/s1. The van der Waals surface area contributed by atoms with Crippen LogP contribution in [0.2, 0.25) is 0 Å². The third kappa shape index (κ3) is 7.47. The van der Waals surface area contributed by atoms with Crippen molar-refractivity contribution in [3.63, 3.8) is 0 Å². The summed E-state index contributed by atoms with van der Waals surface area (Å²) in [5, 5.41) is 15.3. The van der Waals surface area contributed by atoms with Crippen LogP contribution in [0.5, 0.6) is 11.5 Å². The van der Waals surface area contributed by atoms with Crippen molar-refractivity contribution in [2.75, 3.05) is 50.9 Å². The zero-order valence-corrected chi connectivity index (χ0v) is 28.1. The number of anilines is 1. The third-order valence-corrected chi connectivity index (χ3v) is 9.64. The number of benzene rings is 2. The number of carbonyl (C=O) groups is 1. The number of nitrogens with zero attached hydrogens (tertiary/aromatic N) is 8. The first kappa shape index (κ1) is 34.1. The normalized spacial score (nSPS) is 18.7. The molecule has 1 amide bonds. The number of halogens is 1. The molecule has 2 aliphatic rings. The van der Waals surface area contributed by atoms with Gasteiger partial charge in [-0.05, 0) is 57.0 Å². The van der Waals surface area contributed by atoms with Crippen molar-refractivity contribution in [3.8, 4) is 28.8 Å². The van der Waals surface area contributed by atoms with Crippen LogP contribution in [0.1, 0.15) is 32.7 Å². The van der Waals surface area contributed by atoms with Crippen LogP contribution in [-0.4, -0.2) is 99.8 Å². The van der Waals surface area contributed by atoms with Gasteiger partial charge in [-0.3, -0.25) is 14.6 Å². The molecule has 2 aromatic heterocycles. The number of hydrogen-bond acceptors (Lipinski definition) is 10. The summed E-state index contributed by atoms with van der Waals surface area (Å²) in [7, 11) is 0. The lowest BCUT2D eigenvalue weighted by Gasteiger charge is -2.42. The average molecular weight is 688 g/mol. The monoisotopic (exact) mass is 687 g/mol. The highest BCUT2D eigenvalue weighted by molar-refractivity contribution is 7.79. The van der Waals surface area contributed by atoms with E-state index in [1.54, 1.807) is 39.9 Å².